The van der Waals surface area contributed by atoms with Crippen LogP contribution < -0.4 is 10.6 Å². The molecule has 1 aliphatic carbocycles. The zero-order valence-electron chi connectivity index (χ0n) is 13.4. The number of rotatable bonds is 8. The Morgan fingerprint density at radius 3 is 1.73 bits per heavy atom. The molecule has 7 heteroatoms. The summed E-state index contributed by atoms with van der Waals surface area (Å²) in [7, 11) is 0. The first-order valence-electron chi connectivity index (χ1n) is 7.95. The summed E-state index contributed by atoms with van der Waals surface area (Å²) in [5, 5.41) is 5.28. The van der Waals surface area contributed by atoms with Crippen molar-refractivity contribution >= 4 is 18.0 Å². The number of carbonyl (C=O) groups is 3. The van der Waals surface area contributed by atoms with Crippen molar-refractivity contribution in [2.75, 3.05) is 13.2 Å². The van der Waals surface area contributed by atoms with Gasteiger partial charge in [0.05, 0.1) is 25.3 Å². The van der Waals surface area contributed by atoms with Crippen LogP contribution in [0.4, 0.5) is 9.59 Å². The molecular weight excluding hydrogens is 288 g/mol. The van der Waals surface area contributed by atoms with Crippen molar-refractivity contribution < 1.29 is 23.9 Å². The third-order valence-corrected chi connectivity index (χ3v) is 3.45. The Hall–Kier alpha value is -1.79. The molecule has 0 aromatic rings. The van der Waals surface area contributed by atoms with Crippen LogP contribution in [0.2, 0.25) is 0 Å². The maximum absolute atomic E-state index is 11.6. The minimum absolute atomic E-state index is 0.00211. The zero-order chi connectivity index (χ0) is 16.4. The fourth-order valence-electron chi connectivity index (χ4n) is 2.17. The highest BCUT2D eigenvalue weighted by Crippen LogP contribution is 2.16. The number of nitrogens with one attached hydrogen (secondary N) is 2. The lowest BCUT2D eigenvalue weighted by atomic mass is 10.2. The number of ether oxygens (including phenoxy) is 2. The second kappa shape index (κ2) is 10.0. The molecular formula is C15H26N2O5. The molecule has 0 aromatic carbocycles. The Kier molecular flexibility index (Phi) is 8.32. The van der Waals surface area contributed by atoms with Crippen LogP contribution in [0.15, 0.2) is 0 Å². The molecule has 7 nitrogen and oxygen atoms in total. The quantitative estimate of drug-likeness (QED) is 0.669. The smallest absolute Gasteiger partial charge is 0.407 e. The summed E-state index contributed by atoms with van der Waals surface area (Å²) in [6, 6.07) is -0.888. The molecule has 1 aliphatic rings. The van der Waals surface area contributed by atoms with Crippen LogP contribution in [-0.2, 0) is 14.3 Å². The number of alkyl carbamates (subject to hydrolysis) is 2. The van der Waals surface area contributed by atoms with Crippen molar-refractivity contribution in [2.24, 2.45) is 0 Å². The van der Waals surface area contributed by atoms with E-state index < -0.39 is 24.3 Å². The van der Waals surface area contributed by atoms with Gasteiger partial charge in [0.15, 0.2) is 0 Å². The van der Waals surface area contributed by atoms with Crippen LogP contribution in [-0.4, -0.2) is 43.3 Å². The molecule has 0 unspecified atom stereocenters. The van der Waals surface area contributed by atoms with Crippen LogP contribution in [0.25, 0.3) is 0 Å². The monoisotopic (exact) mass is 314 g/mol. The molecule has 2 atom stereocenters. The lowest BCUT2D eigenvalue weighted by molar-refractivity contribution is -0.117. The number of amides is 2. The molecule has 1 rings (SSSR count). The summed E-state index contributed by atoms with van der Waals surface area (Å²) < 4.78 is 10.0. The van der Waals surface area contributed by atoms with Gasteiger partial charge in [-0.25, -0.2) is 9.59 Å². The largest absolute Gasteiger partial charge is 0.450 e. The van der Waals surface area contributed by atoms with Crippen LogP contribution in [0, 0.1) is 0 Å². The average molecular weight is 314 g/mol. The van der Waals surface area contributed by atoms with Gasteiger partial charge in [-0.3, -0.25) is 4.79 Å². The van der Waals surface area contributed by atoms with E-state index in [1.54, 1.807) is 0 Å². The first-order valence-corrected chi connectivity index (χ1v) is 7.95. The molecule has 22 heavy (non-hydrogen) atoms. The molecule has 0 aromatic heterocycles. The third kappa shape index (κ3) is 6.78. The number of hydrogen-bond acceptors (Lipinski definition) is 5. The minimum Gasteiger partial charge on any atom is -0.450 e. The standard InChI is InChI=1S/C15H26N2O5/c1-3-5-7-21-14(19)16-12-9-11(18)10-13(12)17-15(20)22-8-6-4-2/h12-13H,3-10H2,1-2H3,(H,16,19)(H,17,20)/t12-,13+. The summed E-state index contributed by atoms with van der Waals surface area (Å²) in [5.41, 5.74) is 0. The summed E-state index contributed by atoms with van der Waals surface area (Å²) >= 11 is 0. The zero-order valence-corrected chi connectivity index (χ0v) is 13.4. The van der Waals surface area contributed by atoms with Crippen molar-refractivity contribution in [3.8, 4) is 0 Å². The fourth-order valence-corrected chi connectivity index (χ4v) is 2.17. The Bertz CT molecular complexity index is 352. The van der Waals surface area contributed by atoms with Gasteiger partial charge in [-0.2, -0.15) is 0 Å². The van der Waals surface area contributed by atoms with Crippen LogP contribution >= 0.6 is 0 Å². The Morgan fingerprint density at radius 2 is 1.36 bits per heavy atom. The number of ketones is 1. The molecule has 0 aliphatic heterocycles. The molecule has 1 saturated carbocycles. The first-order chi connectivity index (χ1) is 10.6. The highest BCUT2D eigenvalue weighted by atomic mass is 16.6. The maximum Gasteiger partial charge on any atom is 0.407 e. The van der Waals surface area contributed by atoms with Gasteiger partial charge in [0.1, 0.15) is 5.78 Å². The van der Waals surface area contributed by atoms with E-state index in [0.29, 0.717) is 13.2 Å². The summed E-state index contributed by atoms with van der Waals surface area (Å²) in [4.78, 5) is 34.8. The molecule has 2 N–H and O–H groups in total. The van der Waals surface area contributed by atoms with Crippen molar-refractivity contribution in [3.63, 3.8) is 0 Å². The van der Waals surface area contributed by atoms with E-state index in [4.69, 9.17) is 9.47 Å². The second-order valence-electron chi connectivity index (χ2n) is 5.43. The van der Waals surface area contributed by atoms with E-state index in [1.807, 2.05) is 13.8 Å². The van der Waals surface area contributed by atoms with Crippen LogP contribution in [0.5, 0.6) is 0 Å². The molecule has 0 radical (unpaired) electrons. The number of hydrogen-bond donors (Lipinski definition) is 2. The predicted molar refractivity (Wildman–Crippen MR) is 80.6 cm³/mol. The van der Waals surface area contributed by atoms with Gasteiger partial charge in [-0.05, 0) is 12.8 Å². The van der Waals surface area contributed by atoms with Gasteiger partial charge in [0, 0.05) is 12.8 Å². The summed E-state index contributed by atoms with van der Waals surface area (Å²) in [6.07, 6.45) is 2.74. The van der Waals surface area contributed by atoms with Gasteiger partial charge in [-0.15, -0.1) is 0 Å². The van der Waals surface area contributed by atoms with Gasteiger partial charge >= 0.3 is 12.2 Å². The second-order valence-corrected chi connectivity index (χ2v) is 5.43. The number of unbranched alkanes of at least 4 members (excludes halogenated alkanes) is 2. The van der Waals surface area contributed by atoms with E-state index in [2.05, 4.69) is 10.6 Å². The number of Topliss-reactive ketones (excluding diaryl/α,β-unsaturated/α-hetero) is 1. The van der Waals surface area contributed by atoms with Crippen molar-refractivity contribution in [1.29, 1.82) is 0 Å². The predicted octanol–water partition coefficient (Wildman–Crippen LogP) is 2.14. The molecule has 0 saturated heterocycles. The van der Waals surface area contributed by atoms with Crippen molar-refractivity contribution in [3.05, 3.63) is 0 Å². The minimum atomic E-state index is -0.556. The van der Waals surface area contributed by atoms with Gasteiger partial charge in [-0.1, -0.05) is 26.7 Å². The molecule has 126 valence electrons. The van der Waals surface area contributed by atoms with Crippen LogP contribution in [0.3, 0.4) is 0 Å². The lowest BCUT2D eigenvalue weighted by Gasteiger charge is -2.20. The molecule has 0 heterocycles. The van der Waals surface area contributed by atoms with E-state index in [0.717, 1.165) is 25.7 Å². The highest BCUT2D eigenvalue weighted by molar-refractivity contribution is 5.84. The van der Waals surface area contributed by atoms with E-state index in [1.165, 1.54) is 0 Å². The van der Waals surface area contributed by atoms with E-state index in [-0.39, 0.29) is 18.6 Å². The molecule has 0 spiro atoms. The molecule has 2 amide bonds. The third-order valence-electron chi connectivity index (χ3n) is 3.45. The number of carbonyl (C=O) groups excluding carboxylic acids is 3. The van der Waals surface area contributed by atoms with Crippen molar-refractivity contribution in [1.82, 2.24) is 10.6 Å². The van der Waals surface area contributed by atoms with Gasteiger partial charge in [0.2, 0.25) is 0 Å². The summed E-state index contributed by atoms with van der Waals surface area (Å²) in [5.74, 6) is -0.00211. The lowest BCUT2D eigenvalue weighted by Crippen LogP contribution is -2.48. The Morgan fingerprint density at radius 1 is 0.955 bits per heavy atom. The topological polar surface area (TPSA) is 93.7 Å². The van der Waals surface area contributed by atoms with Crippen molar-refractivity contribution in [2.45, 2.75) is 64.5 Å². The van der Waals surface area contributed by atoms with Gasteiger partial charge < -0.3 is 20.1 Å². The highest BCUT2D eigenvalue weighted by Gasteiger charge is 2.35. The average Bonchev–Trinajstić information content (AvgIpc) is 2.79. The first kappa shape index (κ1) is 18.3. The SMILES string of the molecule is CCCCOC(=O)N[C@H]1CC(=O)C[C@H]1NC(=O)OCCCC. The Balaban J connectivity index is 2.38. The fraction of sp³-hybridized carbons (Fsp3) is 0.800. The Labute approximate surface area is 131 Å². The van der Waals surface area contributed by atoms with E-state index in [9.17, 15) is 14.4 Å². The summed E-state index contributed by atoms with van der Waals surface area (Å²) in [6.45, 7) is 4.70. The molecule has 1 fully saturated rings. The van der Waals surface area contributed by atoms with Crippen LogP contribution in [0.1, 0.15) is 52.4 Å². The maximum atomic E-state index is 11.6. The normalized spacial score (nSPS) is 20.5. The van der Waals surface area contributed by atoms with Gasteiger partial charge in [0.25, 0.3) is 0 Å². The molecule has 0 bridgehead atoms. The van der Waals surface area contributed by atoms with E-state index >= 15 is 0 Å².